The zero-order valence-corrected chi connectivity index (χ0v) is 13.7. The molecule has 0 N–H and O–H groups in total. The second-order valence-corrected chi connectivity index (χ2v) is 6.46. The molecule has 114 valence electrons. The summed E-state index contributed by atoms with van der Waals surface area (Å²) in [6.45, 7) is 10.4. The molecule has 0 aliphatic carbocycles. The fraction of sp³-hybridized carbons (Fsp3) is 0.786. The van der Waals surface area contributed by atoms with E-state index in [4.69, 9.17) is 9.26 Å². The number of carbonyl (C=O) groups is 1. The summed E-state index contributed by atoms with van der Waals surface area (Å²) in [5.41, 5.74) is 0. The Balaban J connectivity index is 2.69. The third-order valence-electron chi connectivity index (χ3n) is 2.64. The molecule has 0 aliphatic heterocycles. The Kier molecular flexibility index (Phi) is 7.05. The zero-order chi connectivity index (χ0) is 15.1. The van der Waals surface area contributed by atoms with Gasteiger partial charge in [0.2, 0.25) is 5.89 Å². The molecule has 1 unspecified atom stereocenters. The van der Waals surface area contributed by atoms with E-state index in [1.54, 1.807) is 18.7 Å². The van der Waals surface area contributed by atoms with Crippen LogP contribution in [-0.4, -0.2) is 28.5 Å². The smallest absolute Gasteiger partial charge is 0.318 e. The highest BCUT2D eigenvalue weighted by Gasteiger charge is 2.31. The molecule has 5 nitrogen and oxygen atoms in total. The van der Waals surface area contributed by atoms with Gasteiger partial charge >= 0.3 is 5.97 Å². The molecule has 0 aliphatic rings. The first-order valence-electron chi connectivity index (χ1n) is 7.02. The maximum Gasteiger partial charge on any atom is 0.318 e. The van der Waals surface area contributed by atoms with Crippen molar-refractivity contribution in [3.63, 3.8) is 0 Å². The summed E-state index contributed by atoms with van der Waals surface area (Å²) in [5.74, 6) is 2.67. The molecule has 6 heteroatoms. The number of hydrogen-bond acceptors (Lipinski definition) is 6. The first-order chi connectivity index (χ1) is 9.45. The number of nitrogens with zero attached hydrogens (tertiary/aromatic N) is 2. The third-order valence-corrected chi connectivity index (χ3v) is 4.00. The average molecular weight is 300 g/mol. The van der Waals surface area contributed by atoms with Crippen LogP contribution in [0.4, 0.5) is 0 Å². The molecule has 1 heterocycles. The van der Waals surface area contributed by atoms with Crippen molar-refractivity contribution in [2.75, 3.05) is 12.4 Å². The van der Waals surface area contributed by atoms with Crippen LogP contribution < -0.4 is 0 Å². The van der Waals surface area contributed by atoms with Crippen molar-refractivity contribution in [1.82, 2.24) is 10.1 Å². The van der Waals surface area contributed by atoms with Crippen molar-refractivity contribution in [3.8, 4) is 0 Å². The molecule has 0 bridgehead atoms. The minimum atomic E-state index is -0.480. The van der Waals surface area contributed by atoms with Gasteiger partial charge in [-0.2, -0.15) is 16.7 Å². The first-order valence-corrected chi connectivity index (χ1v) is 8.18. The van der Waals surface area contributed by atoms with E-state index in [1.165, 1.54) is 0 Å². The Labute approximate surface area is 124 Å². The monoisotopic (exact) mass is 300 g/mol. The topological polar surface area (TPSA) is 65.2 Å². The largest absolute Gasteiger partial charge is 0.465 e. The lowest BCUT2D eigenvalue weighted by molar-refractivity contribution is -0.146. The zero-order valence-electron chi connectivity index (χ0n) is 12.9. The lowest BCUT2D eigenvalue weighted by Crippen LogP contribution is -2.21. The molecule has 1 aromatic rings. The fourth-order valence-electron chi connectivity index (χ4n) is 1.73. The highest BCUT2D eigenvalue weighted by atomic mass is 32.2. The van der Waals surface area contributed by atoms with E-state index >= 15 is 0 Å². The van der Waals surface area contributed by atoms with Gasteiger partial charge in [-0.05, 0) is 24.5 Å². The summed E-state index contributed by atoms with van der Waals surface area (Å²) in [6.07, 6.45) is 0. The molecule has 1 atom stereocenters. The van der Waals surface area contributed by atoms with Crippen LogP contribution in [0.5, 0.6) is 0 Å². The van der Waals surface area contributed by atoms with E-state index < -0.39 is 5.92 Å². The Hall–Kier alpha value is -1.04. The van der Waals surface area contributed by atoms with Gasteiger partial charge in [-0.3, -0.25) is 4.79 Å². The summed E-state index contributed by atoms with van der Waals surface area (Å²) in [6, 6.07) is 0. The maximum atomic E-state index is 11.9. The van der Waals surface area contributed by atoms with Gasteiger partial charge in [0, 0.05) is 0 Å². The minimum Gasteiger partial charge on any atom is -0.465 e. The van der Waals surface area contributed by atoms with Crippen molar-refractivity contribution >= 4 is 17.7 Å². The summed E-state index contributed by atoms with van der Waals surface area (Å²) in [7, 11) is 0. The number of aromatic nitrogens is 2. The number of esters is 1. The molecule has 0 amide bonds. The molecule has 0 fully saturated rings. The number of hydrogen-bond donors (Lipinski definition) is 0. The highest BCUT2D eigenvalue weighted by molar-refractivity contribution is 7.98. The molecule has 0 spiro atoms. The third kappa shape index (κ3) is 5.15. The lowest BCUT2D eigenvalue weighted by atomic mass is 9.96. The van der Waals surface area contributed by atoms with Crippen molar-refractivity contribution in [1.29, 1.82) is 0 Å². The van der Waals surface area contributed by atoms with Crippen molar-refractivity contribution in [2.24, 2.45) is 11.8 Å². The number of carbonyl (C=O) groups excluding carboxylic acids is 1. The predicted octanol–water partition coefficient (Wildman–Crippen LogP) is 3.26. The molecular weight excluding hydrogens is 276 g/mol. The van der Waals surface area contributed by atoms with Crippen molar-refractivity contribution < 1.29 is 14.1 Å². The summed E-state index contributed by atoms with van der Waals surface area (Å²) < 4.78 is 10.3. The molecule has 1 aromatic heterocycles. The van der Waals surface area contributed by atoms with Crippen LogP contribution in [0.25, 0.3) is 0 Å². The van der Waals surface area contributed by atoms with E-state index in [-0.39, 0.29) is 11.9 Å². The molecule has 1 rings (SSSR count). The van der Waals surface area contributed by atoms with Gasteiger partial charge in [0.05, 0.1) is 12.4 Å². The minimum absolute atomic E-state index is 0.0608. The van der Waals surface area contributed by atoms with E-state index in [0.29, 0.717) is 30.0 Å². The maximum absolute atomic E-state index is 11.9. The Morgan fingerprint density at radius 3 is 2.60 bits per heavy atom. The van der Waals surface area contributed by atoms with E-state index in [2.05, 4.69) is 24.0 Å². The quantitative estimate of drug-likeness (QED) is 0.687. The molecule has 0 aromatic carbocycles. The van der Waals surface area contributed by atoms with E-state index in [0.717, 1.165) is 5.75 Å². The average Bonchev–Trinajstić information content (AvgIpc) is 2.77. The van der Waals surface area contributed by atoms with Crippen LogP contribution >= 0.6 is 11.8 Å². The van der Waals surface area contributed by atoms with Crippen LogP contribution in [0.3, 0.4) is 0 Å². The van der Waals surface area contributed by atoms with Crippen LogP contribution in [0.2, 0.25) is 0 Å². The summed E-state index contributed by atoms with van der Waals surface area (Å²) in [5, 5.41) is 3.94. The van der Waals surface area contributed by atoms with Crippen molar-refractivity contribution in [3.05, 3.63) is 11.7 Å². The van der Waals surface area contributed by atoms with Gasteiger partial charge in [-0.15, -0.1) is 0 Å². The molecule has 0 radical (unpaired) electrons. The van der Waals surface area contributed by atoms with Gasteiger partial charge in [-0.25, -0.2) is 0 Å². The van der Waals surface area contributed by atoms with Gasteiger partial charge in [0.25, 0.3) is 0 Å². The molecule has 0 saturated heterocycles. The van der Waals surface area contributed by atoms with E-state index in [9.17, 15) is 4.79 Å². The van der Waals surface area contributed by atoms with Crippen LogP contribution in [0, 0.1) is 11.8 Å². The number of thioether (sulfide) groups is 1. The van der Waals surface area contributed by atoms with Gasteiger partial charge in [0.1, 0.15) is 5.92 Å². The summed E-state index contributed by atoms with van der Waals surface area (Å²) >= 11 is 1.77. The van der Waals surface area contributed by atoms with Crippen LogP contribution in [0.1, 0.15) is 52.3 Å². The van der Waals surface area contributed by atoms with Crippen LogP contribution in [-0.2, 0) is 15.3 Å². The van der Waals surface area contributed by atoms with Crippen LogP contribution in [0.15, 0.2) is 4.52 Å². The van der Waals surface area contributed by atoms with Gasteiger partial charge in [0.15, 0.2) is 5.82 Å². The Morgan fingerprint density at radius 2 is 2.05 bits per heavy atom. The number of rotatable bonds is 8. The van der Waals surface area contributed by atoms with E-state index in [1.807, 2.05) is 13.8 Å². The SMILES string of the molecule is CCOC(=O)C(c1nc(CSCC(C)C)no1)C(C)C. The van der Waals surface area contributed by atoms with Crippen molar-refractivity contribution in [2.45, 2.75) is 46.3 Å². The lowest BCUT2D eigenvalue weighted by Gasteiger charge is -2.14. The summed E-state index contributed by atoms with van der Waals surface area (Å²) in [4.78, 5) is 16.3. The second kappa shape index (κ2) is 8.29. The van der Waals surface area contributed by atoms with Gasteiger partial charge < -0.3 is 9.26 Å². The standard InChI is InChI=1S/C14H24N2O3S/c1-6-18-14(17)12(10(4)5)13-15-11(16-19-13)8-20-7-9(2)3/h9-10,12H,6-8H2,1-5H3. The Bertz CT molecular complexity index is 418. The molecular formula is C14H24N2O3S. The Morgan fingerprint density at radius 1 is 1.35 bits per heavy atom. The van der Waals surface area contributed by atoms with Gasteiger partial charge in [-0.1, -0.05) is 32.9 Å². The molecule has 20 heavy (non-hydrogen) atoms. The fourth-order valence-corrected chi connectivity index (χ4v) is 2.62. The molecule has 0 saturated carbocycles. The predicted molar refractivity (Wildman–Crippen MR) is 79.5 cm³/mol. The number of ether oxygens (including phenoxy) is 1. The normalized spacial score (nSPS) is 12.9. The second-order valence-electron chi connectivity index (χ2n) is 5.43. The highest BCUT2D eigenvalue weighted by Crippen LogP contribution is 2.25. The first kappa shape index (κ1) is 17.0.